The zero-order valence-electron chi connectivity index (χ0n) is 20.2. The summed E-state index contributed by atoms with van der Waals surface area (Å²) in [7, 11) is 4.07. The van der Waals surface area contributed by atoms with Crippen molar-refractivity contribution in [3.05, 3.63) is 64.9 Å². The molecule has 0 aromatic heterocycles. The molecule has 2 aromatic rings. The van der Waals surface area contributed by atoms with Gasteiger partial charge in [0.2, 0.25) is 0 Å². The van der Waals surface area contributed by atoms with Gasteiger partial charge in [-0.2, -0.15) is 0 Å². The molecule has 2 aliphatic rings. The molecule has 0 saturated carbocycles. The standard InChI is InChI=1S/C27H33N3O3/c1-6-33-23-9-7-20(8-10-23)24-25(29(5)21-11-13-28(4)14-12-21)27(32)30(26(24)31)22-16-18(2)15-19(3)17-22/h7-10,15-17,21H,6,11-14H2,1-5H3. The Labute approximate surface area is 196 Å². The lowest BCUT2D eigenvalue weighted by Gasteiger charge is -2.36. The minimum atomic E-state index is -0.274. The fraction of sp³-hybridized carbons (Fsp3) is 0.407. The predicted octanol–water partition coefficient (Wildman–Crippen LogP) is 4.01. The molecule has 0 spiro atoms. The molecule has 1 fully saturated rings. The van der Waals surface area contributed by atoms with Crippen LogP contribution >= 0.6 is 0 Å². The van der Waals surface area contributed by atoms with Crippen LogP contribution in [0, 0.1) is 13.8 Å². The number of carbonyl (C=O) groups excluding carboxylic acids is 2. The van der Waals surface area contributed by atoms with Crippen molar-refractivity contribution in [3.8, 4) is 5.75 Å². The molecule has 1 saturated heterocycles. The fourth-order valence-electron chi connectivity index (χ4n) is 4.87. The molecule has 0 aliphatic carbocycles. The van der Waals surface area contributed by atoms with E-state index in [9.17, 15) is 9.59 Å². The average Bonchev–Trinajstić information content (AvgIpc) is 3.04. The Morgan fingerprint density at radius 3 is 2.15 bits per heavy atom. The summed E-state index contributed by atoms with van der Waals surface area (Å²) in [5, 5.41) is 0. The molecule has 0 radical (unpaired) electrons. The first-order valence-corrected chi connectivity index (χ1v) is 11.7. The van der Waals surface area contributed by atoms with Gasteiger partial charge in [0, 0.05) is 13.1 Å². The highest BCUT2D eigenvalue weighted by Gasteiger charge is 2.43. The van der Waals surface area contributed by atoms with Crippen molar-refractivity contribution in [2.75, 3.05) is 38.7 Å². The van der Waals surface area contributed by atoms with Crippen LogP contribution in [0.3, 0.4) is 0 Å². The molecule has 2 heterocycles. The zero-order valence-corrected chi connectivity index (χ0v) is 20.2. The van der Waals surface area contributed by atoms with Gasteiger partial charge in [-0.3, -0.25) is 9.59 Å². The third-order valence-electron chi connectivity index (χ3n) is 6.57. The smallest absolute Gasteiger partial charge is 0.282 e. The lowest BCUT2D eigenvalue weighted by Crippen LogP contribution is -2.43. The van der Waals surface area contributed by atoms with Crippen LogP contribution in [0.4, 0.5) is 5.69 Å². The van der Waals surface area contributed by atoms with Crippen LogP contribution in [-0.2, 0) is 9.59 Å². The Morgan fingerprint density at radius 1 is 0.970 bits per heavy atom. The van der Waals surface area contributed by atoms with E-state index in [0.29, 0.717) is 23.6 Å². The highest BCUT2D eigenvalue weighted by Crippen LogP contribution is 2.37. The number of aryl methyl sites for hydroxylation is 2. The van der Waals surface area contributed by atoms with E-state index < -0.39 is 0 Å². The van der Waals surface area contributed by atoms with E-state index in [0.717, 1.165) is 48.4 Å². The van der Waals surface area contributed by atoms with Crippen LogP contribution in [0.25, 0.3) is 5.57 Å². The molecule has 0 atom stereocenters. The summed E-state index contributed by atoms with van der Waals surface area (Å²) in [6.45, 7) is 8.42. The molecule has 4 rings (SSSR count). The van der Waals surface area contributed by atoms with Crippen molar-refractivity contribution in [3.63, 3.8) is 0 Å². The van der Waals surface area contributed by atoms with Gasteiger partial charge >= 0.3 is 0 Å². The van der Waals surface area contributed by atoms with E-state index in [2.05, 4.69) is 11.9 Å². The van der Waals surface area contributed by atoms with Crippen LogP contribution in [0.5, 0.6) is 5.75 Å². The van der Waals surface area contributed by atoms with Crippen molar-refractivity contribution in [2.24, 2.45) is 0 Å². The molecule has 33 heavy (non-hydrogen) atoms. The second-order valence-corrected chi connectivity index (χ2v) is 9.12. The summed E-state index contributed by atoms with van der Waals surface area (Å²) < 4.78 is 5.57. The molecular weight excluding hydrogens is 414 g/mol. The van der Waals surface area contributed by atoms with Crippen LogP contribution < -0.4 is 9.64 Å². The number of piperidine rings is 1. The second-order valence-electron chi connectivity index (χ2n) is 9.12. The first kappa shape index (κ1) is 23.1. The highest BCUT2D eigenvalue weighted by molar-refractivity contribution is 6.45. The van der Waals surface area contributed by atoms with E-state index in [1.54, 1.807) is 0 Å². The van der Waals surface area contributed by atoms with Crippen molar-refractivity contribution in [1.82, 2.24) is 9.80 Å². The van der Waals surface area contributed by atoms with Gasteiger partial charge in [0.05, 0.1) is 17.9 Å². The zero-order chi connectivity index (χ0) is 23.7. The predicted molar refractivity (Wildman–Crippen MR) is 131 cm³/mol. The van der Waals surface area contributed by atoms with Crippen molar-refractivity contribution >= 4 is 23.1 Å². The van der Waals surface area contributed by atoms with Gasteiger partial charge in [-0.1, -0.05) is 18.2 Å². The molecule has 2 amide bonds. The molecule has 174 valence electrons. The van der Waals surface area contributed by atoms with Gasteiger partial charge in [0.1, 0.15) is 11.4 Å². The Kier molecular flexibility index (Phi) is 6.56. The number of imide groups is 1. The van der Waals surface area contributed by atoms with Gasteiger partial charge in [0.25, 0.3) is 11.8 Å². The van der Waals surface area contributed by atoms with Crippen molar-refractivity contribution in [1.29, 1.82) is 0 Å². The first-order chi connectivity index (χ1) is 15.8. The summed E-state index contributed by atoms with van der Waals surface area (Å²) in [6.07, 6.45) is 1.91. The van der Waals surface area contributed by atoms with E-state index in [4.69, 9.17) is 4.74 Å². The summed E-state index contributed by atoms with van der Waals surface area (Å²) >= 11 is 0. The maximum absolute atomic E-state index is 13.8. The number of rotatable bonds is 6. The van der Waals surface area contributed by atoms with Crippen LogP contribution in [0.1, 0.15) is 36.5 Å². The van der Waals surface area contributed by atoms with E-state index in [1.807, 2.05) is 75.2 Å². The summed E-state index contributed by atoms with van der Waals surface area (Å²) in [6, 6.07) is 13.5. The quantitative estimate of drug-likeness (QED) is 0.627. The minimum absolute atomic E-state index is 0.213. The SMILES string of the molecule is CCOc1ccc(C2=C(N(C)C3CCN(C)CC3)C(=O)N(c3cc(C)cc(C)c3)C2=O)cc1. The molecular formula is C27H33N3O3. The molecule has 0 unspecified atom stereocenters. The number of benzene rings is 2. The number of likely N-dealkylation sites (N-methyl/N-ethyl adjacent to an activating group) is 1. The average molecular weight is 448 g/mol. The number of hydrogen-bond donors (Lipinski definition) is 0. The molecule has 0 N–H and O–H groups in total. The van der Waals surface area contributed by atoms with Crippen LogP contribution in [-0.4, -0.2) is 61.4 Å². The van der Waals surface area contributed by atoms with Gasteiger partial charge in [0.15, 0.2) is 0 Å². The highest BCUT2D eigenvalue weighted by atomic mass is 16.5. The summed E-state index contributed by atoms with van der Waals surface area (Å²) in [4.78, 5) is 33.3. The second kappa shape index (κ2) is 9.40. The molecule has 6 heteroatoms. The third kappa shape index (κ3) is 4.53. The fourth-order valence-corrected chi connectivity index (χ4v) is 4.87. The van der Waals surface area contributed by atoms with Crippen LogP contribution in [0.15, 0.2) is 48.2 Å². The normalized spacial score (nSPS) is 17.8. The number of amides is 2. The third-order valence-corrected chi connectivity index (χ3v) is 6.57. The number of hydrogen-bond acceptors (Lipinski definition) is 5. The lowest BCUT2D eigenvalue weighted by molar-refractivity contribution is -0.120. The molecule has 0 bridgehead atoms. The van der Waals surface area contributed by atoms with Crippen molar-refractivity contribution < 1.29 is 14.3 Å². The van der Waals surface area contributed by atoms with E-state index in [1.165, 1.54) is 4.90 Å². The maximum Gasteiger partial charge on any atom is 0.282 e. The van der Waals surface area contributed by atoms with E-state index >= 15 is 0 Å². The van der Waals surface area contributed by atoms with Gasteiger partial charge in [-0.25, -0.2) is 4.90 Å². The number of nitrogens with zero attached hydrogens (tertiary/aromatic N) is 3. The Bertz CT molecular complexity index is 1060. The Balaban J connectivity index is 1.78. The maximum atomic E-state index is 13.8. The first-order valence-electron chi connectivity index (χ1n) is 11.7. The molecule has 2 aromatic carbocycles. The monoisotopic (exact) mass is 447 g/mol. The number of likely N-dealkylation sites (tertiary alicyclic amines) is 1. The molecule has 6 nitrogen and oxygen atoms in total. The topological polar surface area (TPSA) is 53.1 Å². The summed E-state index contributed by atoms with van der Waals surface area (Å²) in [5.74, 6) is 0.217. The Hall–Kier alpha value is -3.12. The largest absolute Gasteiger partial charge is 0.494 e. The van der Waals surface area contributed by atoms with Gasteiger partial charge in [-0.05, 0) is 94.7 Å². The van der Waals surface area contributed by atoms with E-state index in [-0.39, 0.29) is 17.9 Å². The minimum Gasteiger partial charge on any atom is -0.494 e. The van der Waals surface area contributed by atoms with Gasteiger partial charge < -0.3 is 14.5 Å². The summed E-state index contributed by atoms with van der Waals surface area (Å²) in [5.41, 5.74) is 4.34. The van der Waals surface area contributed by atoms with Gasteiger partial charge in [-0.15, -0.1) is 0 Å². The Morgan fingerprint density at radius 2 is 1.58 bits per heavy atom. The number of carbonyl (C=O) groups is 2. The van der Waals surface area contributed by atoms with Crippen LogP contribution in [0.2, 0.25) is 0 Å². The van der Waals surface area contributed by atoms with Crippen molar-refractivity contribution in [2.45, 2.75) is 39.7 Å². The lowest BCUT2D eigenvalue weighted by atomic mass is 10.00. The number of ether oxygens (including phenoxy) is 1. The molecule has 2 aliphatic heterocycles. The number of anilines is 1.